The van der Waals surface area contributed by atoms with Crippen molar-refractivity contribution in [2.24, 2.45) is 0 Å². The van der Waals surface area contributed by atoms with Crippen molar-refractivity contribution in [2.45, 2.75) is 19.8 Å². The Morgan fingerprint density at radius 1 is 1.13 bits per heavy atom. The fourth-order valence-electron chi connectivity index (χ4n) is 3.38. The van der Waals surface area contributed by atoms with Crippen LogP contribution in [-0.4, -0.2) is 63.8 Å². The first kappa shape index (κ1) is 20.0. The quantitative estimate of drug-likeness (QED) is 0.595. The second-order valence-electron chi connectivity index (χ2n) is 7.32. The average molecular weight is 407 g/mol. The van der Waals surface area contributed by atoms with E-state index in [4.69, 9.17) is 8.94 Å². The number of carbonyl (C=O) groups is 1. The summed E-state index contributed by atoms with van der Waals surface area (Å²) >= 11 is 0. The third kappa shape index (κ3) is 5.21. The van der Waals surface area contributed by atoms with Crippen LogP contribution >= 0.6 is 0 Å². The maximum absolute atomic E-state index is 12.5. The van der Waals surface area contributed by atoms with Crippen LogP contribution in [0.25, 0.3) is 17.7 Å². The summed E-state index contributed by atoms with van der Waals surface area (Å²) in [4.78, 5) is 16.8. The van der Waals surface area contributed by atoms with Crippen molar-refractivity contribution >= 4 is 12.0 Å². The number of carbonyl (C=O) groups excluding carboxylic acids is 1. The molecule has 1 fully saturated rings. The number of amides is 1. The van der Waals surface area contributed by atoms with Gasteiger partial charge in [-0.1, -0.05) is 47.6 Å². The maximum atomic E-state index is 12.5. The minimum atomic E-state index is 0.117. The van der Waals surface area contributed by atoms with Crippen molar-refractivity contribution in [3.63, 3.8) is 0 Å². The van der Waals surface area contributed by atoms with E-state index in [1.807, 2.05) is 23.1 Å². The van der Waals surface area contributed by atoms with Crippen molar-refractivity contribution in [1.82, 2.24) is 25.2 Å². The second kappa shape index (κ2) is 9.49. The van der Waals surface area contributed by atoms with E-state index in [1.165, 1.54) is 5.56 Å². The standard InChI is InChI=1S/C22H25N5O3/c1-17-16-19(25-30-17)22-24-23-20(29-22)9-10-21(28)27-14-12-26(13-15-27)11-5-8-18-6-3-2-4-7-18/h2-8,16H,9-15H2,1H3/b8-5+. The first-order valence-electron chi connectivity index (χ1n) is 10.2. The number of hydrogen-bond donors (Lipinski definition) is 0. The number of rotatable bonds is 7. The van der Waals surface area contributed by atoms with Gasteiger partial charge in [0.2, 0.25) is 11.8 Å². The molecule has 4 rings (SSSR count). The number of piperazine rings is 1. The van der Waals surface area contributed by atoms with Gasteiger partial charge in [-0.05, 0) is 12.5 Å². The summed E-state index contributed by atoms with van der Waals surface area (Å²) in [6.45, 7) is 5.92. The lowest BCUT2D eigenvalue weighted by Gasteiger charge is -2.34. The monoisotopic (exact) mass is 407 g/mol. The van der Waals surface area contributed by atoms with Gasteiger partial charge < -0.3 is 13.8 Å². The third-order valence-electron chi connectivity index (χ3n) is 5.07. The summed E-state index contributed by atoms with van der Waals surface area (Å²) in [5, 5.41) is 11.8. The van der Waals surface area contributed by atoms with Gasteiger partial charge in [0.1, 0.15) is 5.76 Å². The van der Waals surface area contributed by atoms with Crippen LogP contribution in [0.3, 0.4) is 0 Å². The Kier molecular flexibility index (Phi) is 6.34. The molecule has 0 unspecified atom stereocenters. The van der Waals surface area contributed by atoms with Crippen LogP contribution in [0.2, 0.25) is 0 Å². The Hall–Kier alpha value is -3.26. The summed E-state index contributed by atoms with van der Waals surface area (Å²) in [7, 11) is 0. The largest absolute Gasteiger partial charge is 0.419 e. The van der Waals surface area contributed by atoms with E-state index in [0.717, 1.165) is 32.7 Å². The van der Waals surface area contributed by atoms with Crippen LogP contribution in [-0.2, 0) is 11.2 Å². The van der Waals surface area contributed by atoms with E-state index in [-0.39, 0.29) is 5.91 Å². The van der Waals surface area contributed by atoms with Crippen LogP contribution in [0.15, 0.2) is 51.4 Å². The zero-order chi connectivity index (χ0) is 20.8. The summed E-state index contributed by atoms with van der Waals surface area (Å²) in [5.41, 5.74) is 1.71. The normalized spacial score (nSPS) is 15.2. The van der Waals surface area contributed by atoms with Crippen molar-refractivity contribution in [3.8, 4) is 11.6 Å². The van der Waals surface area contributed by atoms with Gasteiger partial charge >= 0.3 is 0 Å². The fourth-order valence-corrected chi connectivity index (χ4v) is 3.38. The zero-order valence-electron chi connectivity index (χ0n) is 17.0. The molecular weight excluding hydrogens is 382 g/mol. The van der Waals surface area contributed by atoms with Crippen LogP contribution in [0.1, 0.15) is 23.6 Å². The predicted octanol–water partition coefficient (Wildman–Crippen LogP) is 2.82. The van der Waals surface area contributed by atoms with Gasteiger partial charge in [0.15, 0.2) is 5.69 Å². The zero-order valence-corrected chi connectivity index (χ0v) is 17.0. The first-order valence-corrected chi connectivity index (χ1v) is 10.2. The van der Waals surface area contributed by atoms with Gasteiger partial charge in [0, 0.05) is 51.6 Å². The second-order valence-corrected chi connectivity index (χ2v) is 7.32. The summed E-state index contributed by atoms with van der Waals surface area (Å²) < 4.78 is 10.6. The van der Waals surface area contributed by atoms with Crippen molar-refractivity contribution in [3.05, 3.63) is 59.7 Å². The lowest BCUT2D eigenvalue weighted by molar-refractivity contribution is -0.132. The van der Waals surface area contributed by atoms with Crippen LogP contribution in [0.4, 0.5) is 0 Å². The molecule has 1 amide bonds. The molecular formula is C22H25N5O3. The molecule has 156 valence electrons. The average Bonchev–Trinajstić information content (AvgIpc) is 3.42. The van der Waals surface area contributed by atoms with Gasteiger partial charge in [0.05, 0.1) is 0 Å². The molecule has 8 nitrogen and oxygen atoms in total. The molecule has 0 atom stereocenters. The molecule has 0 aliphatic carbocycles. The van der Waals surface area contributed by atoms with Crippen LogP contribution in [0, 0.1) is 6.92 Å². The molecule has 8 heteroatoms. The molecule has 1 aliphatic heterocycles. The highest BCUT2D eigenvalue weighted by molar-refractivity contribution is 5.76. The molecule has 0 N–H and O–H groups in total. The number of hydrogen-bond acceptors (Lipinski definition) is 7. The Balaban J connectivity index is 1.19. The molecule has 1 saturated heterocycles. The summed E-state index contributed by atoms with van der Waals surface area (Å²) in [5.74, 6) is 1.54. The fraction of sp³-hybridized carbons (Fsp3) is 0.364. The topological polar surface area (TPSA) is 88.5 Å². The molecule has 0 spiro atoms. The Morgan fingerprint density at radius 2 is 1.93 bits per heavy atom. The minimum Gasteiger partial charge on any atom is -0.419 e. The van der Waals surface area contributed by atoms with E-state index in [2.05, 4.69) is 44.5 Å². The third-order valence-corrected chi connectivity index (χ3v) is 5.07. The van der Waals surface area contributed by atoms with E-state index in [1.54, 1.807) is 13.0 Å². The number of benzene rings is 1. The van der Waals surface area contributed by atoms with Crippen LogP contribution < -0.4 is 0 Å². The molecule has 0 saturated carbocycles. The van der Waals surface area contributed by atoms with Gasteiger partial charge in [-0.15, -0.1) is 10.2 Å². The highest BCUT2D eigenvalue weighted by Gasteiger charge is 2.21. The number of aromatic nitrogens is 3. The molecule has 3 heterocycles. The van der Waals surface area contributed by atoms with E-state index < -0.39 is 0 Å². The lowest BCUT2D eigenvalue weighted by Crippen LogP contribution is -2.48. The molecule has 3 aromatic rings. The number of nitrogens with zero attached hydrogens (tertiary/aromatic N) is 5. The Morgan fingerprint density at radius 3 is 2.67 bits per heavy atom. The SMILES string of the molecule is Cc1cc(-c2nnc(CCC(=O)N3CCN(C/C=C/c4ccccc4)CC3)o2)no1. The lowest BCUT2D eigenvalue weighted by atomic mass is 10.2. The molecule has 1 aliphatic rings. The Bertz CT molecular complexity index is 987. The van der Waals surface area contributed by atoms with E-state index >= 15 is 0 Å². The molecule has 1 aromatic carbocycles. The van der Waals surface area contributed by atoms with Crippen LogP contribution in [0.5, 0.6) is 0 Å². The van der Waals surface area contributed by atoms with E-state index in [0.29, 0.717) is 36.1 Å². The van der Waals surface area contributed by atoms with Gasteiger partial charge in [-0.3, -0.25) is 9.69 Å². The first-order chi connectivity index (χ1) is 14.7. The highest BCUT2D eigenvalue weighted by Crippen LogP contribution is 2.18. The van der Waals surface area contributed by atoms with E-state index in [9.17, 15) is 4.79 Å². The minimum absolute atomic E-state index is 0.117. The van der Waals surface area contributed by atoms with Gasteiger partial charge in [-0.2, -0.15) is 0 Å². The van der Waals surface area contributed by atoms with Crippen molar-refractivity contribution in [1.29, 1.82) is 0 Å². The van der Waals surface area contributed by atoms with Crippen molar-refractivity contribution < 1.29 is 13.7 Å². The molecule has 0 radical (unpaired) electrons. The smallest absolute Gasteiger partial charge is 0.269 e. The maximum Gasteiger partial charge on any atom is 0.269 e. The molecule has 0 bridgehead atoms. The highest BCUT2D eigenvalue weighted by atomic mass is 16.5. The number of aryl methyl sites for hydroxylation is 2. The predicted molar refractivity (Wildman–Crippen MR) is 111 cm³/mol. The van der Waals surface area contributed by atoms with Crippen molar-refractivity contribution in [2.75, 3.05) is 32.7 Å². The summed E-state index contributed by atoms with van der Waals surface area (Å²) in [6, 6.07) is 12.0. The Labute approximate surface area is 175 Å². The molecule has 2 aromatic heterocycles. The molecule has 30 heavy (non-hydrogen) atoms. The van der Waals surface area contributed by atoms with Gasteiger partial charge in [0.25, 0.3) is 5.89 Å². The van der Waals surface area contributed by atoms with Gasteiger partial charge in [-0.25, -0.2) is 0 Å². The summed E-state index contributed by atoms with van der Waals surface area (Å²) in [6.07, 6.45) is 5.09.